The summed E-state index contributed by atoms with van der Waals surface area (Å²) in [4.78, 5) is 31.8. The fraction of sp³-hybridized carbons (Fsp3) is 0.250. The highest BCUT2D eigenvalue weighted by molar-refractivity contribution is 6.08. The molecule has 2 aromatic heterocycles. The Morgan fingerprint density at radius 2 is 2.11 bits per heavy atom. The Bertz CT molecular complexity index is 1090. The highest BCUT2D eigenvalue weighted by atomic mass is 19.1. The first-order valence-electron chi connectivity index (χ1n) is 8.85. The van der Waals surface area contributed by atoms with E-state index in [1.54, 1.807) is 18.2 Å². The molecule has 1 aromatic carbocycles. The lowest BCUT2D eigenvalue weighted by Crippen LogP contribution is -2.31. The number of pyridine rings is 2. The molecule has 0 atom stereocenters. The number of methoxy groups -OCH3 is 1. The molecule has 0 fully saturated rings. The second-order valence-electron chi connectivity index (χ2n) is 6.29. The Balaban J connectivity index is 2.21. The summed E-state index contributed by atoms with van der Waals surface area (Å²) in [5, 5.41) is 3.09. The number of nitrogens with two attached hydrogens (primary N) is 1. The van der Waals surface area contributed by atoms with Crippen molar-refractivity contribution < 1.29 is 13.9 Å². The van der Waals surface area contributed by atoms with Crippen LogP contribution in [0.2, 0.25) is 0 Å². The van der Waals surface area contributed by atoms with E-state index in [1.165, 1.54) is 19.2 Å². The summed E-state index contributed by atoms with van der Waals surface area (Å²) in [6.45, 7) is 2.55. The first-order chi connectivity index (χ1) is 13.5. The number of nitrogens with zero attached hydrogens (tertiary/aromatic N) is 1. The van der Waals surface area contributed by atoms with Crippen LogP contribution in [0.15, 0.2) is 35.1 Å². The van der Waals surface area contributed by atoms with Gasteiger partial charge >= 0.3 is 0 Å². The summed E-state index contributed by atoms with van der Waals surface area (Å²) < 4.78 is 19.5. The number of fused-ring (bicyclic) bond motifs is 1. The van der Waals surface area contributed by atoms with Gasteiger partial charge in [0.2, 0.25) is 0 Å². The molecule has 0 saturated carbocycles. The fourth-order valence-electron chi connectivity index (χ4n) is 2.99. The number of rotatable bonds is 6. The van der Waals surface area contributed by atoms with E-state index in [0.29, 0.717) is 28.7 Å². The molecule has 0 aliphatic heterocycles. The van der Waals surface area contributed by atoms with Crippen molar-refractivity contribution in [1.29, 1.82) is 0 Å². The summed E-state index contributed by atoms with van der Waals surface area (Å²) >= 11 is 0. The van der Waals surface area contributed by atoms with E-state index in [-0.39, 0.29) is 23.6 Å². The van der Waals surface area contributed by atoms with Crippen molar-refractivity contribution in [3.05, 3.63) is 57.8 Å². The van der Waals surface area contributed by atoms with Gasteiger partial charge in [-0.05, 0) is 18.6 Å². The molecule has 28 heavy (non-hydrogen) atoms. The van der Waals surface area contributed by atoms with Crippen LogP contribution in [0.3, 0.4) is 0 Å². The van der Waals surface area contributed by atoms with E-state index in [0.717, 1.165) is 6.42 Å². The Hall–Kier alpha value is -3.26. The van der Waals surface area contributed by atoms with Crippen molar-refractivity contribution in [1.82, 2.24) is 15.3 Å². The van der Waals surface area contributed by atoms with Crippen molar-refractivity contribution in [3.8, 4) is 11.3 Å². The lowest BCUT2D eigenvalue weighted by molar-refractivity contribution is 0.0953. The van der Waals surface area contributed by atoms with Crippen LogP contribution in [0.4, 0.5) is 10.1 Å². The number of ether oxygens (including phenoxy) is 1. The molecule has 0 bridgehead atoms. The molecule has 7 nitrogen and oxygen atoms in total. The maximum absolute atomic E-state index is 14.5. The van der Waals surface area contributed by atoms with Crippen molar-refractivity contribution in [2.75, 3.05) is 19.4 Å². The highest BCUT2D eigenvalue weighted by Gasteiger charge is 2.20. The standard InChI is InChI=1S/C20H21FN4O3/c1-3-9-23-19(26)15-16(22)12-5-4-6-13(17(12)25-20(15)27)18-14(21)8-7-11(24-18)10-28-2/h4-8H,3,9-10H2,1-2H3,(H,23,26)(H3,22,25,27). The summed E-state index contributed by atoms with van der Waals surface area (Å²) in [6, 6.07) is 7.79. The Morgan fingerprint density at radius 1 is 1.32 bits per heavy atom. The Kier molecular flexibility index (Phi) is 5.70. The molecule has 2 heterocycles. The van der Waals surface area contributed by atoms with Crippen molar-refractivity contribution in [2.24, 2.45) is 0 Å². The van der Waals surface area contributed by atoms with Crippen LogP contribution in [-0.2, 0) is 11.3 Å². The third kappa shape index (κ3) is 3.59. The van der Waals surface area contributed by atoms with Crippen LogP contribution >= 0.6 is 0 Å². The smallest absolute Gasteiger partial charge is 0.263 e. The minimum Gasteiger partial charge on any atom is -0.397 e. The van der Waals surface area contributed by atoms with Gasteiger partial charge in [-0.3, -0.25) is 9.59 Å². The van der Waals surface area contributed by atoms with Crippen LogP contribution < -0.4 is 16.6 Å². The van der Waals surface area contributed by atoms with Crippen molar-refractivity contribution in [2.45, 2.75) is 20.0 Å². The minimum atomic E-state index is -0.639. The molecule has 0 aliphatic carbocycles. The highest BCUT2D eigenvalue weighted by Crippen LogP contribution is 2.31. The van der Waals surface area contributed by atoms with E-state index in [4.69, 9.17) is 10.5 Å². The lowest BCUT2D eigenvalue weighted by atomic mass is 10.0. The molecule has 1 amide bonds. The quantitative estimate of drug-likeness (QED) is 0.605. The zero-order valence-electron chi connectivity index (χ0n) is 15.6. The molecule has 0 radical (unpaired) electrons. The predicted molar refractivity (Wildman–Crippen MR) is 106 cm³/mol. The van der Waals surface area contributed by atoms with Gasteiger partial charge < -0.3 is 20.8 Å². The number of aromatic nitrogens is 2. The average Bonchev–Trinajstić information content (AvgIpc) is 2.68. The van der Waals surface area contributed by atoms with Crippen LogP contribution in [0.1, 0.15) is 29.4 Å². The average molecular weight is 384 g/mol. The van der Waals surface area contributed by atoms with Gasteiger partial charge in [0.25, 0.3) is 11.5 Å². The molecule has 146 valence electrons. The normalized spacial score (nSPS) is 11.0. The molecular weight excluding hydrogens is 363 g/mol. The molecule has 0 saturated heterocycles. The van der Waals surface area contributed by atoms with Crippen molar-refractivity contribution >= 4 is 22.5 Å². The molecule has 0 spiro atoms. The van der Waals surface area contributed by atoms with Gasteiger partial charge in [0.15, 0.2) is 0 Å². The molecule has 3 rings (SSSR count). The fourth-order valence-corrected chi connectivity index (χ4v) is 2.99. The van der Waals surface area contributed by atoms with E-state index >= 15 is 0 Å². The van der Waals surface area contributed by atoms with E-state index in [1.807, 2.05) is 6.92 Å². The molecule has 8 heteroatoms. The number of para-hydroxylation sites is 1. The summed E-state index contributed by atoms with van der Waals surface area (Å²) in [5.41, 5.74) is 6.69. The number of halogens is 1. The number of amides is 1. The zero-order chi connectivity index (χ0) is 20.3. The van der Waals surface area contributed by atoms with Gasteiger partial charge in [0, 0.05) is 24.6 Å². The van der Waals surface area contributed by atoms with Gasteiger partial charge in [-0.15, -0.1) is 0 Å². The largest absolute Gasteiger partial charge is 0.397 e. The topological polar surface area (TPSA) is 110 Å². The van der Waals surface area contributed by atoms with Crippen LogP contribution in [-0.4, -0.2) is 29.5 Å². The SMILES string of the molecule is CCCNC(=O)c1c(N)c2cccc(-c3nc(COC)ccc3F)c2[nH]c1=O. The monoisotopic (exact) mass is 384 g/mol. The van der Waals surface area contributed by atoms with Gasteiger partial charge in [0.05, 0.1) is 23.5 Å². The van der Waals surface area contributed by atoms with E-state index in [2.05, 4.69) is 15.3 Å². The van der Waals surface area contributed by atoms with Crippen molar-refractivity contribution in [3.63, 3.8) is 0 Å². The summed E-state index contributed by atoms with van der Waals surface area (Å²) in [6.07, 6.45) is 0.726. The summed E-state index contributed by atoms with van der Waals surface area (Å²) in [5.74, 6) is -1.09. The van der Waals surface area contributed by atoms with Crippen LogP contribution in [0, 0.1) is 5.82 Å². The maximum Gasteiger partial charge on any atom is 0.263 e. The Morgan fingerprint density at radius 3 is 2.82 bits per heavy atom. The number of anilines is 1. The van der Waals surface area contributed by atoms with E-state index in [9.17, 15) is 14.0 Å². The number of nitrogens with one attached hydrogen (secondary N) is 2. The number of nitrogen functional groups attached to an aromatic ring is 1. The number of carbonyl (C=O) groups is 1. The number of hydrogen-bond acceptors (Lipinski definition) is 5. The molecule has 0 unspecified atom stereocenters. The molecular formula is C20H21FN4O3. The molecule has 0 aliphatic rings. The second kappa shape index (κ2) is 8.18. The number of H-pyrrole nitrogens is 1. The second-order valence-corrected chi connectivity index (χ2v) is 6.29. The number of aromatic amines is 1. The number of benzene rings is 1. The predicted octanol–water partition coefficient (Wildman–Crippen LogP) is 2.60. The summed E-state index contributed by atoms with van der Waals surface area (Å²) in [7, 11) is 1.52. The van der Waals surface area contributed by atoms with Crippen LogP contribution in [0.5, 0.6) is 0 Å². The van der Waals surface area contributed by atoms with Gasteiger partial charge in [0.1, 0.15) is 17.1 Å². The lowest BCUT2D eigenvalue weighted by Gasteiger charge is -2.12. The van der Waals surface area contributed by atoms with Gasteiger partial charge in [-0.25, -0.2) is 9.37 Å². The van der Waals surface area contributed by atoms with Crippen LogP contribution in [0.25, 0.3) is 22.2 Å². The van der Waals surface area contributed by atoms with Gasteiger partial charge in [-0.1, -0.05) is 25.1 Å². The maximum atomic E-state index is 14.5. The van der Waals surface area contributed by atoms with Gasteiger partial charge in [-0.2, -0.15) is 0 Å². The minimum absolute atomic E-state index is 0.0441. The third-order valence-electron chi connectivity index (χ3n) is 4.30. The molecule has 4 N–H and O–H groups in total. The molecule has 3 aromatic rings. The number of carbonyl (C=O) groups excluding carboxylic acids is 1. The first kappa shape index (κ1) is 19.5. The zero-order valence-corrected chi connectivity index (χ0v) is 15.6. The van der Waals surface area contributed by atoms with E-state index < -0.39 is 17.3 Å². The first-order valence-corrected chi connectivity index (χ1v) is 8.85. The third-order valence-corrected chi connectivity index (χ3v) is 4.30. The number of hydrogen-bond donors (Lipinski definition) is 3. The Labute approximate surface area is 160 Å².